The van der Waals surface area contributed by atoms with Gasteiger partial charge in [-0.1, -0.05) is 0 Å². The molecule has 0 aliphatic rings. The van der Waals surface area contributed by atoms with Crippen molar-refractivity contribution < 1.29 is 24.9 Å². The van der Waals surface area contributed by atoms with Gasteiger partial charge in [-0.15, -0.1) is 0 Å². The maximum atomic E-state index is 10.4. The Morgan fingerprint density at radius 1 is 1.17 bits per heavy atom. The lowest BCUT2D eigenvalue weighted by Gasteiger charge is -2.21. The van der Waals surface area contributed by atoms with E-state index in [-0.39, 0.29) is 0 Å². The van der Waals surface area contributed by atoms with Gasteiger partial charge < -0.3 is 15.3 Å². The molecule has 0 amide bonds. The molecule has 0 heterocycles. The van der Waals surface area contributed by atoms with Gasteiger partial charge in [0.15, 0.2) is 6.10 Å². The molecule has 0 saturated carbocycles. The van der Waals surface area contributed by atoms with Gasteiger partial charge in [0.1, 0.15) is 6.04 Å². The second-order valence-corrected chi connectivity index (χ2v) is 2.53. The first-order valence-electron chi connectivity index (χ1n) is 3.18. The lowest BCUT2D eigenvalue weighted by molar-refractivity contribution is -0.160. The number of carbonyl (C=O) groups is 2. The molecule has 2 atom stereocenters. The van der Waals surface area contributed by atoms with E-state index in [1.807, 2.05) is 0 Å². The molecular weight excluding hydrogens is 166 g/mol. The van der Waals surface area contributed by atoms with Crippen LogP contribution in [0.1, 0.15) is 0 Å². The number of nitrogens with zero attached hydrogens (tertiary/aromatic N) is 1. The molecule has 70 valence electrons. The quantitative estimate of drug-likeness (QED) is 0.480. The molecule has 0 aromatic heterocycles. The molecule has 0 rings (SSSR count). The fraction of sp³-hybridized carbons (Fsp3) is 0.667. The molecule has 0 aromatic rings. The van der Waals surface area contributed by atoms with Gasteiger partial charge in [-0.05, 0) is 14.1 Å². The van der Waals surface area contributed by atoms with Crippen molar-refractivity contribution >= 4 is 11.9 Å². The molecule has 6 heteroatoms. The third-order valence-electron chi connectivity index (χ3n) is 1.36. The normalized spacial score (nSPS) is 15.7. The van der Waals surface area contributed by atoms with E-state index in [4.69, 9.17) is 15.3 Å². The molecule has 0 bridgehead atoms. The number of likely N-dealkylation sites (N-methyl/N-ethyl adjacent to an activating group) is 1. The van der Waals surface area contributed by atoms with E-state index in [0.29, 0.717) is 0 Å². The van der Waals surface area contributed by atoms with Gasteiger partial charge in [-0.25, -0.2) is 4.79 Å². The van der Waals surface area contributed by atoms with Crippen LogP contribution in [-0.4, -0.2) is 58.4 Å². The number of carboxylic acid groups (broad SMARTS) is 2. The summed E-state index contributed by atoms with van der Waals surface area (Å²) in [7, 11) is 2.76. The van der Waals surface area contributed by atoms with E-state index in [1.54, 1.807) is 0 Å². The Hall–Kier alpha value is -1.14. The summed E-state index contributed by atoms with van der Waals surface area (Å²) in [6.45, 7) is 0. The number of aliphatic hydroxyl groups is 1. The summed E-state index contributed by atoms with van der Waals surface area (Å²) in [4.78, 5) is 21.8. The predicted molar refractivity (Wildman–Crippen MR) is 38.8 cm³/mol. The molecule has 6 nitrogen and oxygen atoms in total. The highest BCUT2D eigenvalue weighted by Crippen LogP contribution is 2.01. The smallest absolute Gasteiger partial charge is 0.334 e. The average molecular weight is 177 g/mol. The summed E-state index contributed by atoms with van der Waals surface area (Å²) in [6.07, 6.45) is -1.91. The highest BCUT2D eigenvalue weighted by molar-refractivity contribution is 5.84. The minimum atomic E-state index is -1.91. The molecule has 0 aromatic carbocycles. The molecule has 0 aliphatic heterocycles. The Labute approximate surface area is 69.0 Å². The minimum Gasteiger partial charge on any atom is -0.480 e. The van der Waals surface area contributed by atoms with Crippen LogP contribution in [0.2, 0.25) is 0 Å². The van der Waals surface area contributed by atoms with Crippen molar-refractivity contribution in [3.63, 3.8) is 0 Å². The van der Waals surface area contributed by atoms with Crippen molar-refractivity contribution in [1.29, 1.82) is 0 Å². The van der Waals surface area contributed by atoms with Crippen molar-refractivity contribution in [2.45, 2.75) is 12.1 Å². The molecule has 0 aliphatic carbocycles. The molecule has 12 heavy (non-hydrogen) atoms. The predicted octanol–water partition coefficient (Wildman–Crippen LogP) is -1.55. The first-order valence-corrected chi connectivity index (χ1v) is 3.18. The molecular formula is C6H11NO5. The number of hydrogen-bond donors (Lipinski definition) is 3. The molecule has 0 spiro atoms. The summed E-state index contributed by atoms with van der Waals surface area (Å²) in [5, 5.41) is 25.7. The summed E-state index contributed by atoms with van der Waals surface area (Å²) in [5.41, 5.74) is 0. The molecule has 0 unspecified atom stereocenters. The molecule has 0 saturated heterocycles. The van der Waals surface area contributed by atoms with E-state index in [0.717, 1.165) is 4.90 Å². The van der Waals surface area contributed by atoms with Crippen molar-refractivity contribution in [3.8, 4) is 0 Å². The van der Waals surface area contributed by atoms with Gasteiger partial charge in [0, 0.05) is 0 Å². The molecule has 0 radical (unpaired) electrons. The van der Waals surface area contributed by atoms with Gasteiger partial charge in [0.25, 0.3) is 0 Å². The SMILES string of the molecule is CN(C)[C@H](C(=O)O)[C@H](O)C(=O)O. The van der Waals surface area contributed by atoms with Gasteiger partial charge in [-0.3, -0.25) is 9.69 Å². The number of carboxylic acids is 2. The zero-order valence-electron chi connectivity index (χ0n) is 6.76. The van der Waals surface area contributed by atoms with Crippen LogP contribution in [0.15, 0.2) is 0 Å². The largest absolute Gasteiger partial charge is 0.480 e. The van der Waals surface area contributed by atoms with E-state index < -0.39 is 24.1 Å². The Morgan fingerprint density at radius 3 is 1.67 bits per heavy atom. The highest BCUT2D eigenvalue weighted by Gasteiger charge is 2.33. The first kappa shape index (κ1) is 10.9. The average Bonchev–Trinajstić information content (AvgIpc) is 1.85. The van der Waals surface area contributed by atoms with Crippen LogP contribution in [0, 0.1) is 0 Å². The zero-order chi connectivity index (χ0) is 9.89. The third-order valence-corrected chi connectivity index (χ3v) is 1.36. The second kappa shape index (κ2) is 4.03. The first-order chi connectivity index (χ1) is 5.37. The second-order valence-electron chi connectivity index (χ2n) is 2.53. The van der Waals surface area contributed by atoms with E-state index >= 15 is 0 Å². The standard InChI is InChI=1S/C6H11NO5/c1-7(2)3(5(9)10)4(8)6(11)12/h3-4,8H,1-2H3,(H,9,10)(H,11,12)/t3-,4-/m0/s1. The Kier molecular flexibility index (Phi) is 3.65. The number of hydrogen-bond acceptors (Lipinski definition) is 4. The maximum absolute atomic E-state index is 10.4. The van der Waals surface area contributed by atoms with Crippen LogP contribution in [0.5, 0.6) is 0 Å². The van der Waals surface area contributed by atoms with Gasteiger partial charge in [-0.2, -0.15) is 0 Å². The van der Waals surface area contributed by atoms with Crippen LogP contribution >= 0.6 is 0 Å². The van der Waals surface area contributed by atoms with Crippen molar-refractivity contribution in [2.24, 2.45) is 0 Å². The lowest BCUT2D eigenvalue weighted by Crippen LogP contribution is -2.48. The minimum absolute atomic E-state index is 1.13. The highest BCUT2D eigenvalue weighted by atomic mass is 16.4. The monoisotopic (exact) mass is 177 g/mol. The summed E-state index contributed by atoms with van der Waals surface area (Å²) >= 11 is 0. The number of rotatable bonds is 4. The summed E-state index contributed by atoms with van der Waals surface area (Å²) in [5.74, 6) is -2.91. The Bertz CT molecular complexity index is 190. The van der Waals surface area contributed by atoms with Crippen molar-refractivity contribution in [1.82, 2.24) is 4.90 Å². The van der Waals surface area contributed by atoms with Crippen LogP contribution in [0.4, 0.5) is 0 Å². The van der Waals surface area contributed by atoms with Gasteiger partial charge in [0.05, 0.1) is 0 Å². The van der Waals surface area contributed by atoms with Crippen LogP contribution in [-0.2, 0) is 9.59 Å². The summed E-state index contributed by atoms with van der Waals surface area (Å²) < 4.78 is 0. The van der Waals surface area contributed by atoms with Crippen LogP contribution in [0.3, 0.4) is 0 Å². The third kappa shape index (κ3) is 2.48. The zero-order valence-corrected chi connectivity index (χ0v) is 6.76. The Balaban J connectivity index is 4.51. The molecule has 0 fully saturated rings. The fourth-order valence-corrected chi connectivity index (χ4v) is 0.773. The van der Waals surface area contributed by atoms with E-state index in [2.05, 4.69) is 0 Å². The van der Waals surface area contributed by atoms with E-state index in [9.17, 15) is 9.59 Å². The number of aliphatic carboxylic acids is 2. The summed E-state index contributed by atoms with van der Waals surface area (Å²) in [6, 6.07) is -1.41. The van der Waals surface area contributed by atoms with E-state index in [1.165, 1.54) is 14.1 Å². The number of aliphatic hydroxyl groups excluding tert-OH is 1. The van der Waals surface area contributed by atoms with Crippen LogP contribution in [0.25, 0.3) is 0 Å². The van der Waals surface area contributed by atoms with Crippen LogP contribution < -0.4 is 0 Å². The fourth-order valence-electron chi connectivity index (χ4n) is 0.773. The topological polar surface area (TPSA) is 98.1 Å². The van der Waals surface area contributed by atoms with Crippen molar-refractivity contribution in [2.75, 3.05) is 14.1 Å². The van der Waals surface area contributed by atoms with Crippen molar-refractivity contribution in [3.05, 3.63) is 0 Å². The molecule has 3 N–H and O–H groups in total. The van der Waals surface area contributed by atoms with Gasteiger partial charge in [0.2, 0.25) is 0 Å². The Morgan fingerprint density at radius 2 is 1.58 bits per heavy atom. The lowest BCUT2D eigenvalue weighted by atomic mass is 10.1. The van der Waals surface area contributed by atoms with Gasteiger partial charge >= 0.3 is 11.9 Å². The maximum Gasteiger partial charge on any atom is 0.334 e.